The molecule has 0 amide bonds. The van der Waals surface area contributed by atoms with Gasteiger partial charge in [0.1, 0.15) is 12.7 Å². The molecular formula is C66H125O11P. The Bertz CT molecular complexity index is 1400. The molecule has 0 spiro atoms. The lowest BCUT2D eigenvalue weighted by molar-refractivity contribution is -0.161. The van der Waals surface area contributed by atoms with Gasteiger partial charge in [-0.15, -0.1) is 0 Å². The molecule has 3 atom stereocenters. The van der Waals surface area contributed by atoms with Crippen LogP contribution in [0.1, 0.15) is 342 Å². The van der Waals surface area contributed by atoms with Gasteiger partial charge in [0.05, 0.1) is 19.8 Å². The molecule has 0 radical (unpaired) electrons. The fourth-order valence-corrected chi connectivity index (χ4v) is 10.5. The van der Waals surface area contributed by atoms with E-state index in [0.29, 0.717) is 19.3 Å². The summed E-state index contributed by atoms with van der Waals surface area (Å²) in [7, 11) is -4.75. The zero-order valence-corrected chi connectivity index (χ0v) is 52.1. The van der Waals surface area contributed by atoms with Crippen molar-refractivity contribution >= 4 is 25.7 Å². The van der Waals surface area contributed by atoms with Crippen molar-refractivity contribution in [2.24, 2.45) is 0 Å². The van der Waals surface area contributed by atoms with Gasteiger partial charge in [-0.3, -0.25) is 23.4 Å². The van der Waals surface area contributed by atoms with Gasteiger partial charge in [-0.2, -0.15) is 0 Å². The first-order valence-electron chi connectivity index (χ1n) is 33.2. The molecular weight excluding hydrogens is 1000 g/mol. The summed E-state index contributed by atoms with van der Waals surface area (Å²) in [6, 6.07) is 0. The molecule has 0 aromatic heterocycles. The predicted molar refractivity (Wildman–Crippen MR) is 326 cm³/mol. The summed E-state index contributed by atoms with van der Waals surface area (Å²) >= 11 is 0. The number of esters is 3. The monoisotopic (exact) mass is 1120 g/mol. The molecule has 0 bridgehead atoms. The van der Waals surface area contributed by atoms with E-state index in [-0.39, 0.29) is 25.9 Å². The van der Waals surface area contributed by atoms with Gasteiger partial charge in [-0.05, 0) is 70.6 Å². The highest BCUT2D eigenvalue weighted by molar-refractivity contribution is 7.47. The number of phosphoric ester groups is 1. The van der Waals surface area contributed by atoms with Crippen molar-refractivity contribution in [2.45, 2.75) is 354 Å². The summed E-state index contributed by atoms with van der Waals surface area (Å²) in [4.78, 5) is 48.8. The van der Waals surface area contributed by atoms with E-state index in [2.05, 4.69) is 45.1 Å². The second-order valence-corrected chi connectivity index (χ2v) is 24.1. The number of phosphoric acid groups is 1. The Hall–Kier alpha value is -2.04. The number of allylic oxidation sites excluding steroid dienone is 4. The Kier molecular flexibility index (Phi) is 59.4. The molecule has 0 heterocycles. The van der Waals surface area contributed by atoms with Gasteiger partial charge in [0.15, 0.2) is 6.10 Å². The fraction of sp³-hybridized carbons (Fsp3) is 0.894. The third-order valence-corrected chi connectivity index (χ3v) is 15.8. The third kappa shape index (κ3) is 58.6. The van der Waals surface area contributed by atoms with Crippen molar-refractivity contribution in [3.8, 4) is 0 Å². The Labute approximate surface area is 480 Å². The van der Waals surface area contributed by atoms with Gasteiger partial charge in [0.25, 0.3) is 0 Å². The summed E-state index contributed by atoms with van der Waals surface area (Å²) in [5, 5.41) is 9.85. The Balaban J connectivity index is 4.65. The number of ether oxygens (including phenoxy) is 3. The molecule has 0 aliphatic carbocycles. The highest BCUT2D eigenvalue weighted by Crippen LogP contribution is 2.43. The zero-order valence-electron chi connectivity index (χ0n) is 51.2. The second kappa shape index (κ2) is 61.0. The molecule has 0 saturated heterocycles. The molecule has 0 aromatic carbocycles. The maximum Gasteiger partial charge on any atom is 0.472 e. The van der Waals surface area contributed by atoms with Crippen molar-refractivity contribution < 1.29 is 52.2 Å². The molecule has 0 fully saturated rings. The Morgan fingerprint density at radius 3 is 0.885 bits per heavy atom. The molecule has 12 heteroatoms. The molecule has 0 saturated carbocycles. The van der Waals surface area contributed by atoms with Gasteiger partial charge in [-0.25, -0.2) is 4.57 Å². The molecule has 11 nitrogen and oxygen atoms in total. The number of hydrogen-bond donors (Lipinski definition) is 2. The van der Waals surface area contributed by atoms with E-state index < -0.39 is 57.8 Å². The minimum atomic E-state index is -4.75. The van der Waals surface area contributed by atoms with Gasteiger partial charge in [-0.1, -0.05) is 276 Å². The number of hydrogen-bond acceptors (Lipinski definition) is 10. The minimum absolute atomic E-state index is 0.167. The summed E-state index contributed by atoms with van der Waals surface area (Å²) in [6.07, 6.45) is 64.1. The van der Waals surface area contributed by atoms with E-state index in [0.717, 1.165) is 64.2 Å². The number of rotatable bonds is 63. The third-order valence-electron chi connectivity index (χ3n) is 14.8. The van der Waals surface area contributed by atoms with Crippen LogP contribution in [0.15, 0.2) is 24.3 Å². The predicted octanol–water partition coefficient (Wildman–Crippen LogP) is 20.2. The number of aliphatic hydroxyl groups excluding tert-OH is 1. The standard InChI is InChI=1S/C66H125O11P/c1-4-7-10-13-16-19-22-25-28-30-31-33-35-37-40-43-46-49-52-55-64(68)73-59-63(77-66(70)57-54-51-48-45-42-39-36-32-29-26-23-20-17-14-11-8-5-2)61-75-78(71,72)74-60-62(58-67)76-65(69)56-53-50-47-44-41-38-34-27-24-21-18-15-12-9-6-3/h25-26,28-29,62-63,67H,4-24,27,30-61H2,1-3H3,(H,71,72)/b28-25-,29-26-. The van der Waals surface area contributed by atoms with Gasteiger partial charge < -0.3 is 24.2 Å². The van der Waals surface area contributed by atoms with E-state index in [1.807, 2.05) is 0 Å². The first kappa shape index (κ1) is 76.0. The number of carbonyl (C=O) groups is 3. The summed E-state index contributed by atoms with van der Waals surface area (Å²) in [5.74, 6) is -1.44. The Morgan fingerprint density at radius 1 is 0.346 bits per heavy atom. The molecule has 460 valence electrons. The van der Waals surface area contributed by atoms with Gasteiger partial charge >= 0.3 is 25.7 Å². The van der Waals surface area contributed by atoms with Crippen molar-refractivity contribution in [1.29, 1.82) is 0 Å². The fourth-order valence-electron chi connectivity index (χ4n) is 9.76. The minimum Gasteiger partial charge on any atom is -0.462 e. The first-order chi connectivity index (χ1) is 38.2. The van der Waals surface area contributed by atoms with E-state index in [9.17, 15) is 28.9 Å². The van der Waals surface area contributed by atoms with E-state index >= 15 is 0 Å². The lowest BCUT2D eigenvalue weighted by Crippen LogP contribution is -2.30. The molecule has 0 rings (SSSR count). The highest BCUT2D eigenvalue weighted by Gasteiger charge is 2.28. The van der Waals surface area contributed by atoms with Crippen LogP contribution in [0.4, 0.5) is 0 Å². The normalized spacial score (nSPS) is 13.3. The second-order valence-electron chi connectivity index (χ2n) is 22.6. The van der Waals surface area contributed by atoms with Crippen LogP contribution in [-0.4, -0.2) is 66.5 Å². The van der Waals surface area contributed by atoms with Crippen LogP contribution in [0.5, 0.6) is 0 Å². The zero-order chi connectivity index (χ0) is 56.9. The van der Waals surface area contributed by atoms with Crippen molar-refractivity contribution in [1.82, 2.24) is 0 Å². The van der Waals surface area contributed by atoms with Crippen LogP contribution in [0.25, 0.3) is 0 Å². The van der Waals surface area contributed by atoms with Crippen LogP contribution >= 0.6 is 7.82 Å². The Morgan fingerprint density at radius 2 is 0.590 bits per heavy atom. The highest BCUT2D eigenvalue weighted by atomic mass is 31.2. The quantitative estimate of drug-likeness (QED) is 0.0197. The lowest BCUT2D eigenvalue weighted by Gasteiger charge is -2.21. The molecule has 0 aromatic rings. The molecule has 78 heavy (non-hydrogen) atoms. The van der Waals surface area contributed by atoms with Crippen LogP contribution in [0.3, 0.4) is 0 Å². The van der Waals surface area contributed by atoms with Gasteiger partial charge in [0.2, 0.25) is 0 Å². The van der Waals surface area contributed by atoms with Crippen molar-refractivity contribution in [3.63, 3.8) is 0 Å². The van der Waals surface area contributed by atoms with Crippen LogP contribution < -0.4 is 0 Å². The summed E-state index contributed by atoms with van der Waals surface area (Å²) < 4.78 is 39.7. The van der Waals surface area contributed by atoms with E-state index in [1.54, 1.807) is 0 Å². The molecule has 2 N–H and O–H groups in total. The lowest BCUT2D eigenvalue weighted by atomic mass is 10.0. The molecule has 0 aliphatic heterocycles. The molecule has 3 unspecified atom stereocenters. The smallest absolute Gasteiger partial charge is 0.462 e. The van der Waals surface area contributed by atoms with Gasteiger partial charge in [0, 0.05) is 19.3 Å². The van der Waals surface area contributed by atoms with Crippen LogP contribution in [0, 0.1) is 0 Å². The first-order valence-corrected chi connectivity index (χ1v) is 34.7. The van der Waals surface area contributed by atoms with Crippen LogP contribution in [0.2, 0.25) is 0 Å². The molecule has 0 aliphatic rings. The van der Waals surface area contributed by atoms with E-state index in [4.69, 9.17) is 23.3 Å². The number of carbonyl (C=O) groups excluding carboxylic acids is 3. The van der Waals surface area contributed by atoms with E-state index in [1.165, 1.54) is 218 Å². The SMILES string of the molecule is CCCCCCCC/C=C\CCCCCCCCCCCC(=O)OCC(COP(=O)(O)OCC(CO)OC(=O)CCCCCCCCCCCCCCCCC)OC(=O)CCCCCCCCC/C=C\CCCCCCCC. The maximum atomic E-state index is 13.0. The maximum absolute atomic E-state index is 13.0. The number of unbranched alkanes of at least 4 members (excludes halogenated alkanes) is 42. The summed E-state index contributed by atoms with van der Waals surface area (Å²) in [6.45, 7) is 4.72. The average Bonchev–Trinajstić information content (AvgIpc) is 3.43. The van der Waals surface area contributed by atoms with Crippen LogP contribution in [-0.2, 0) is 42.2 Å². The largest absolute Gasteiger partial charge is 0.472 e. The van der Waals surface area contributed by atoms with Crippen molar-refractivity contribution in [2.75, 3.05) is 26.4 Å². The topological polar surface area (TPSA) is 155 Å². The number of aliphatic hydroxyl groups is 1. The van der Waals surface area contributed by atoms with Crippen molar-refractivity contribution in [3.05, 3.63) is 24.3 Å². The summed E-state index contributed by atoms with van der Waals surface area (Å²) in [5.41, 5.74) is 0. The average molecular weight is 1130 g/mol.